The van der Waals surface area contributed by atoms with Crippen molar-refractivity contribution in [1.29, 1.82) is 0 Å². The van der Waals surface area contributed by atoms with Crippen LogP contribution in [0.2, 0.25) is 0 Å². The Morgan fingerprint density at radius 3 is 2.40 bits per heavy atom. The Morgan fingerprint density at radius 2 is 1.71 bits per heavy atom. The predicted octanol–water partition coefficient (Wildman–Crippen LogP) is 5.32. The Labute approximate surface area is 206 Å². The maximum atomic E-state index is 13.4. The molecule has 0 aliphatic carbocycles. The maximum absolute atomic E-state index is 13.4. The number of hydrogen-bond acceptors (Lipinski definition) is 5. The zero-order valence-corrected chi connectivity index (χ0v) is 19.7. The number of nitrogens with zero attached hydrogens (tertiary/aromatic N) is 2. The number of benzene rings is 3. The smallest absolute Gasteiger partial charge is 0.414 e. The second-order valence-corrected chi connectivity index (χ2v) is 9.28. The van der Waals surface area contributed by atoms with Gasteiger partial charge in [0.25, 0.3) is 0 Å². The highest BCUT2D eigenvalue weighted by Crippen LogP contribution is 2.31. The Kier molecular flexibility index (Phi) is 7.09. The number of ether oxygens (including phenoxy) is 2. The van der Waals surface area contributed by atoms with E-state index in [2.05, 4.69) is 4.90 Å². The van der Waals surface area contributed by atoms with Crippen molar-refractivity contribution in [3.63, 3.8) is 0 Å². The fourth-order valence-corrected chi connectivity index (χ4v) is 4.88. The van der Waals surface area contributed by atoms with Gasteiger partial charge in [-0.15, -0.1) is 0 Å². The summed E-state index contributed by atoms with van der Waals surface area (Å²) < 4.78 is 12.0. The lowest BCUT2D eigenvalue weighted by Crippen LogP contribution is -2.53. The zero-order chi connectivity index (χ0) is 24.0. The summed E-state index contributed by atoms with van der Waals surface area (Å²) in [6.45, 7) is 3.82. The van der Waals surface area contributed by atoms with Crippen LogP contribution in [-0.2, 0) is 17.9 Å². The first-order valence-electron chi connectivity index (χ1n) is 12.2. The van der Waals surface area contributed by atoms with E-state index in [0.717, 1.165) is 61.3 Å². The number of carbonyl (C=O) groups excluding carboxylic acids is 2. The number of anilines is 1. The van der Waals surface area contributed by atoms with Crippen molar-refractivity contribution in [2.75, 3.05) is 24.5 Å². The number of hydrogen-bond donors (Lipinski definition) is 0. The van der Waals surface area contributed by atoms with E-state index in [1.165, 1.54) is 0 Å². The molecule has 0 radical (unpaired) electrons. The second-order valence-electron chi connectivity index (χ2n) is 9.28. The molecule has 3 heterocycles. The molecule has 6 rings (SSSR count). The van der Waals surface area contributed by atoms with Gasteiger partial charge in [-0.1, -0.05) is 54.6 Å². The van der Waals surface area contributed by atoms with Crippen LogP contribution in [0.3, 0.4) is 0 Å². The molecule has 0 saturated carbocycles. The standard InChI is InChI=1S/C29H30N2O4/c32-20-22-9-11-23(12-10-22)21-34-27-8-4-5-24(17-27)18-31(26-6-2-1-3-7-26)29(33)35-28-19-30-15-13-25(28)14-16-30/h1-12,17,20,25,28H,13-16,18-19,21H2/t28-/m0/s1. The van der Waals surface area contributed by atoms with Gasteiger partial charge >= 0.3 is 6.09 Å². The lowest BCUT2D eigenvalue weighted by molar-refractivity contribution is -0.0311. The molecule has 1 amide bonds. The lowest BCUT2D eigenvalue weighted by atomic mass is 9.86. The minimum atomic E-state index is -0.309. The number of para-hydroxylation sites is 1. The molecular formula is C29H30N2O4. The van der Waals surface area contributed by atoms with E-state index in [0.29, 0.717) is 24.6 Å². The van der Waals surface area contributed by atoms with E-state index in [9.17, 15) is 9.59 Å². The minimum absolute atomic E-state index is 0.0449. The largest absolute Gasteiger partial charge is 0.489 e. The highest BCUT2D eigenvalue weighted by Gasteiger charge is 2.37. The Bertz CT molecular complexity index is 1140. The Balaban J connectivity index is 1.28. The van der Waals surface area contributed by atoms with E-state index in [4.69, 9.17) is 9.47 Å². The van der Waals surface area contributed by atoms with Gasteiger partial charge < -0.3 is 9.47 Å². The molecule has 1 atom stereocenters. The maximum Gasteiger partial charge on any atom is 0.414 e. The molecule has 3 fully saturated rings. The van der Waals surface area contributed by atoms with Gasteiger partial charge in [-0.05, 0) is 67.2 Å². The number of rotatable bonds is 8. The van der Waals surface area contributed by atoms with Crippen LogP contribution in [0.4, 0.5) is 10.5 Å². The molecule has 6 heteroatoms. The van der Waals surface area contributed by atoms with Gasteiger partial charge in [0.15, 0.2) is 0 Å². The second kappa shape index (κ2) is 10.7. The monoisotopic (exact) mass is 470 g/mol. The van der Waals surface area contributed by atoms with Gasteiger partial charge in [0, 0.05) is 17.8 Å². The van der Waals surface area contributed by atoms with Gasteiger partial charge in [-0.3, -0.25) is 14.6 Å². The molecule has 0 aromatic heterocycles. The topological polar surface area (TPSA) is 59.1 Å². The van der Waals surface area contributed by atoms with Gasteiger partial charge in [-0.2, -0.15) is 0 Å². The molecule has 35 heavy (non-hydrogen) atoms. The summed E-state index contributed by atoms with van der Waals surface area (Å²) in [5.41, 5.74) is 3.38. The third kappa shape index (κ3) is 5.72. The van der Waals surface area contributed by atoms with Crippen LogP contribution in [0, 0.1) is 5.92 Å². The summed E-state index contributed by atoms with van der Waals surface area (Å²) in [5, 5.41) is 0. The zero-order valence-electron chi connectivity index (χ0n) is 19.7. The number of amides is 1. The first-order valence-corrected chi connectivity index (χ1v) is 12.2. The fraction of sp³-hybridized carbons (Fsp3) is 0.310. The summed E-state index contributed by atoms with van der Waals surface area (Å²) in [5.74, 6) is 1.18. The van der Waals surface area contributed by atoms with E-state index in [-0.39, 0.29) is 12.2 Å². The normalized spacial score (nSPS) is 20.7. The van der Waals surface area contributed by atoms with Crippen LogP contribution < -0.4 is 9.64 Å². The van der Waals surface area contributed by atoms with Crippen LogP contribution in [0.15, 0.2) is 78.9 Å². The van der Waals surface area contributed by atoms with Crippen LogP contribution in [0.25, 0.3) is 0 Å². The summed E-state index contributed by atoms with van der Waals surface area (Å²) in [7, 11) is 0. The van der Waals surface area contributed by atoms with Crippen molar-refractivity contribution in [2.24, 2.45) is 5.92 Å². The highest BCUT2D eigenvalue weighted by atomic mass is 16.6. The predicted molar refractivity (Wildman–Crippen MR) is 135 cm³/mol. The van der Waals surface area contributed by atoms with Gasteiger partial charge in [0.1, 0.15) is 24.7 Å². The highest BCUT2D eigenvalue weighted by molar-refractivity contribution is 5.87. The average molecular weight is 471 g/mol. The summed E-state index contributed by atoms with van der Waals surface area (Å²) >= 11 is 0. The van der Waals surface area contributed by atoms with Gasteiger partial charge in [0.05, 0.1) is 6.54 Å². The van der Waals surface area contributed by atoms with Crippen LogP contribution in [0.5, 0.6) is 5.75 Å². The SMILES string of the molecule is O=Cc1ccc(COc2cccc(CN(C(=O)O[C@H]3CN4CCC3CC4)c3ccccc3)c2)cc1. The molecule has 0 spiro atoms. The summed E-state index contributed by atoms with van der Waals surface area (Å²) in [6, 6.07) is 24.8. The lowest BCUT2D eigenvalue weighted by Gasteiger charge is -2.44. The quantitative estimate of drug-likeness (QED) is 0.417. The Hall–Kier alpha value is -3.64. The molecule has 6 nitrogen and oxygen atoms in total. The van der Waals surface area contributed by atoms with E-state index >= 15 is 0 Å². The number of piperidine rings is 3. The van der Waals surface area contributed by atoms with Crippen LogP contribution in [0.1, 0.15) is 34.3 Å². The van der Waals surface area contributed by atoms with Crippen molar-refractivity contribution in [2.45, 2.75) is 32.1 Å². The van der Waals surface area contributed by atoms with Crippen molar-refractivity contribution in [3.8, 4) is 5.75 Å². The van der Waals surface area contributed by atoms with Crippen LogP contribution in [-0.4, -0.2) is 43.0 Å². The molecule has 3 aliphatic heterocycles. The molecule has 3 aromatic rings. The first-order chi connectivity index (χ1) is 17.2. The Morgan fingerprint density at radius 1 is 0.943 bits per heavy atom. The molecule has 0 N–H and O–H groups in total. The molecular weight excluding hydrogens is 440 g/mol. The molecule has 3 saturated heterocycles. The van der Waals surface area contributed by atoms with Crippen molar-refractivity contribution in [1.82, 2.24) is 4.90 Å². The molecule has 2 bridgehead atoms. The van der Waals surface area contributed by atoms with Crippen LogP contribution >= 0.6 is 0 Å². The van der Waals surface area contributed by atoms with Crippen molar-refractivity contribution < 1.29 is 19.1 Å². The number of carbonyl (C=O) groups is 2. The number of fused-ring (bicyclic) bond motifs is 3. The molecule has 3 aliphatic rings. The van der Waals surface area contributed by atoms with Gasteiger partial charge in [0.2, 0.25) is 0 Å². The molecule has 3 aromatic carbocycles. The van der Waals surface area contributed by atoms with E-state index in [1.807, 2.05) is 66.7 Å². The molecule has 180 valence electrons. The third-order valence-corrected chi connectivity index (χ3v) is 6.90. The number of aldehydes is 1. The van der Waals surface area contributed by atoms with E-state index < -0.39 is 0 Å². The first kappa shape index (κ1) is 23.1. The van der Waals surface area contributed by atoms with Crippen molar-refractivity contribution >= 4 is 18.1 Å². The molecule has 0 unspecified atom stereocenters. The van der Waals surface area contributed by atoms with E-state index in [1.54, 1.807) is 17.0 Å². The fourth-order valence-electron chi connectivity index (χ4n) is 4.88. The van der Waals surface area contributed by atoms with Crippen molar-refractivity contribution in [3.05, 3.63) is 95.6 Å². The summed E-state index contributed by atoms with van der Waals surface area (Å²) in [6.07, 6.45) is 2.67. The minimum Gasteiger partial charge on any atom is -0.489 e. The van der Waals surface area contributed by atoms with Gasteiger partial charge in [-0.25, -0.2) is 4.79 Å². The average Bonchev–Trinajstić information content (AvgIpc) is 2.92. The third-order valence-electron chi connectivity index (χ3n) is 6.90. The summed E-state index contributed by atoms with van der Waals surface area (Å²) in [4.78, 5) is 28.3.